The van der Waals surface area contributed by atoms with Gasteiger partial charge in [-0.1, -0.05) is 30.0 Å². The van der Waals surface area contributed by atoms with Crippen LogP contribution in [0.5, 0.6) is 0 Å². The fourth-order valence-corrected chi connectivity index (χ4v) is 3.92. The third-order valence-electron chi connectivity index (χ3n) is 4.48. The molecule has 2 heterocycles. The smallest absolute Gasteiger partial charge is 0.241 e. The minimum absolute atomic E-state index is 0.00794. The molecule has 1 saturated heterocycles. The average Bonchev–Trinajstić information content (AvgIpc) is 3.18. The van der Waals surface area contributed by atoms with Crippen LogP contribution in [0.3, 0.4) is 0 Å². The Morgan fingerprint density at radius 1 is 1.21 bits per heavy atom. The number of hydrazine groups is 1. The molecule has 10 heteroatoms. The fraction of sp³-hybridized carbons (Fsp3) is 0.211. The first-order valence-electron chi connectivity index (χ1n) is 8.86. The number of hydrogen-bond acceptors (Lipinski definition) is 6. The van der Waals surface area contributed by atoms with Crippen molar-refractivity contribution in [2.24, 2.45) is 10.9 Å². The zero-order valence-electron chi connectivity index (χ0n) is 15.1. The van der Waals surface area contributed by atoms with E-state index in [0.29, 0.717) is 12.2 Å². The lowest BCUT2D eigenvalue weighted by atomic mass is 10.0. The number of amides is 2. The van der Waals surface area contributed by atoms with Crippen LogP contribution in [0.2, 0.25) is 0 Å². The second-order valence-electron chi connectivity index (χ2n) is 6.46. The van der Waals surface area contributed by atoms with Crippen molar-refractivity contribution >= 4 is 40.1 Å². The molecule has 150 valence electrons. The van der Waals surface area contributed by atoms with Gasteiger partial charge in [0.2, 0.25) is 11.8 Å². The van der Waals surface area contributed by atoms with Crippen molar-refractivity contribution in [3.63, 3.8) is 0 Å². The maximum absolute atomic E-state index is 13.8. The summed E-state index contributed by atoms with van der Waals surface area (Å²) in [5.41, 5.74) is 6.60. The highest BCUT2D eigenvalue weighted by molar-refractivity contribution is 8.14. The Kier molecular flexibility index (Phi) is 5.56. The number of halogens is 2. The molecule has 2 aromatic rings. The molecule has 4 rings (SSSR count). The molecule has 2 aromatic carbocycles. The Bertz CT molecular complexity index is 972. The molecule has 0 saturated carbocycles. The summed E-state index contributed by atoms with van der Waals surface area (Å²) in [5.74, 6) is -3.14. The van der Waals surface area contributed by atoms with Crippen LogP contribution in [0, 0.1) is 17.6 Å². The lowest BCUT2D eigenvalue weighted by Gasteiger charge is -2.32. The van der Waals surface area contributed by atoms with Crippen LogP contribution < -0.4 is 21.1 Å². The molecule has 0 aliphatic carbocycles. The predicted octanol–water partition coefficient (Wildman–Crippen LogP) is 2.09. The maximum Gasteiger partial charge on any atom is 0.241 e. The lowest BCUT2D eigenvalue weighted by Crippen LogP contribution is -2.49. The highest BCUT2D eigenvalue weighted by Gasteiger charge is 2.42. The minimum atomic E-state index is -1.06. The molecule has 3 N–H and O–H groups in total. The number of thioether (sulfide) groups is 1. The van der Waals surface area contributed by atoms with Gasteiger partial charge in [-0.05, 0) is 24.3 Å². The summed E-state index contributed by atoms with van der Waals surface area (Å²) in [6.45, 7) is 0.361. The lowest BCUT2D eigenvalue weighted by molar-refractivity contribution is -0.121. The topological polar surface area (TPSA) is 85.8 Å². The normalized spacial score (nSPS) is 21.0. The molecule has 2 atom stereocenters. The zero-order chi connectivity index (χ0) is 20.4. The summed E-state index contributed by atoms with van der Waals surface area (Å²) in [6.07, 6.45) is -0.483. The first-order valence-corrected chi connectivity index (χ1v) is 9.84. The Labute approximate surface area is 169 Å². The van der Waals surface area contributed by atoms with Crippen molar-refractivity contribution in [2.45, 2.75) is 6.17 Å². The summed E-state index contributed by atoms with van der Waals surface area (Å²) >= 11 is 1.05. The van der Waals surface area contributed by atoms with E-state index in [0.717, 1.165) is 23.9 Å². The van der Waals surface area contributed by atoms with E-state index in [1.807, 2.05) is 6.07 Å². The standard InChI is InChI=1S/C19H17F2N5O2S/c20-14-7-6-12(8-15(14)21)26-18(28)13-9-22-25-17(13)24-19(26)29-10-16(27)23-11-4-2-1-3-5-11/h1-8,13,17,22,25H,9-10H2,(H,23,27). The van der Waals surface area contributed by atoms with Crippen LogP contribution in [0.1, 0.15) is 0 Å². The van der Waals surface area contributed by atoms with Gasteiger partial charge in [0.15, 0.2) is 16.8 Å². The maximum atomic E-state index is 13.8. The number of anilines is 2. The number of benzene rings is 2. The molecule has 2 unspecified atom stereocenters. The van der Waals surface area contributed by atoms with E-state index in [9.17, 15) is 18.4 Å². The first kappa shape index (κ1) is 19.5. The summed E-state index contributed by atoms with van der Waals surface area (Å²) < 4.78 is 27.1. The van der Waals surface area contributed by atoms with Crippen molar-refractivity contribution in [1.82, 2.24) is 10.9 Å². The van der Waals surface area contributed by atoms with Crippen LogP contribution in [0.15, 0.2) is 53.5 Å². The van der Waals surface area contributed by atoms with E-state index < -0.39 is 23.7 Å². The van der Waals surface area contributed by atoms with Gasteiger partial charge < -0.3 is 5.32 Å². The van der Waals surface area contributed by atoms with Crippen molar-refractivity contribution in [3.05, 3.63) is 60.2 Å². The number of hydrogen-bond donors (Lipinski definition) is 3. The van der Waals surface area contributed by atoms with E-state index in [-0.39, 0.29) is 28.4 Å². The van der Waals surface area contributed by atoms with Crippen molar-refractivity contribution < 1.29 is 18.4 Å². The molecule has 7 nitrogen and oxygen atoms in total. The summed E-state index contributed by atoms with van der Waals surface area (Å²) in [6, 6.07) is 12.2. The van der Waals surface area contributed by atoms with Crippen molar-refractivity contribution in [1.29, 1.82) is 0 Å². The second kappa shape index (κ2) is 8.27. The summed E-state index contributed by atoms with van der Waals surface area (Å²) in [4.78, 5) is 31.0. The van der Waals surface area contributed by atoms with Gasteiger partial charge in [-0.2, -0.15) is 0 Å². The van der Waals surface area contributed by atoms with Gasteiger partial charge >= 0.3 is 0 Å². The van der Waals surface area contributed by atoms with Crippen LogP contribution in [-0.2, 0) is 9.59 Å². The first-order chi connectivity index (χ1) is 14.0. The fourth-order valence-electron chi connectivity index (χ4n) is 3.08. The molecule has 0 aromatic heterocycles. The Hall–Kier alpha value is -2.82. The number of carbonyl (C=O) groups is 2. The summed E-state index contributed by atoms with van der Waals surface area (Å²) in [7, 11) is 0. The van der Waals surface area contributed by atoms with E-state index in [1.54, 1.807) is 24.3 Å². The molecular formula is C19H17F2N5O2S. The summed E-state index contributed by atoms with van der Waals surface area (Å²) in [5, 5.41) is 2.99. The van der Waals surface area contributed by atoms with Crippen molar-refractivity contribution in [3.8, 4) is 0 Å². The van der Waals surface area contributed by atoms with E-state index in [1.165, 1.54) is 11.0 Å². The molecular weight excluding hydrogens is 400 g/mol. The number of nitrogens with zero attached hydrogens (tertiary/aromatic N) is 2. The molecule has 29 heavy (non-hydrogen) atoms. The molecule has 2 aliphatic heterocycles. The number of para-hydroxylation sites is 1. The number of amidine groups is 1. The van der Waals surface area contributed by atoms with Gasteiger partial charge in [-0.25, -0.2) is 19.2 Å². The average molecular weight is 417 g/mol. The monoisotopic (exact) mass is 417 g/mol. The highest BCUT2D eigenvalue weighted by atomic mass is 32.2. The minimum Gasteiger partial charge on any atom is -0.325 e. The van der Waals surface area contributed by atoms with Gasteiger partial charge in [0, 0.05) is 18.3 Å². The number of rotatable bonds is 4. The highest BCUT2D eigenvalue weighted by Crippen LogP contribution is 2.30. The molecule has 2 amide bonds. The molecule has 2 aliphatic rings. The Morgan fingerprint density at radius 2 is 2.00 bits per heavy atom. The van der Waals surface area contributed by atoms with Gasteiger partial charge in [0.25, 0.3) is 0 Å². The largest absolute Gasteiger partial charge is 0.325 e. The Morgan fingerprint density at radius 3 is 2.76 bits per heavy atom. The Balaban J connectivity index is 1.55. The third-order valence-corrected chi connectivity index (χ3v) is 5.44. The zero-order valence-corrected chi connectivity index (χ0v) is 15.9. The van der Waals surface area contributed by atoms with Crippen molar-refractivity contribution in [2.75, 3.05) is 22.5 Å². The van der Waals surface area contributed by atoms with Crippen LogP contribution in [0.4, 0.5) is 20.2 Å². The van der Waals surface area contributed by atoms with Gasteiger partial charge in [0.05, 0.1) is 17.4 Å². The predicted molar refractivity (Wildman–Crippen MR) is 107 cm³/mol. The number of aliphatic imine (C=N–C) groups is 1. The number of fused-ring (bicyclic) bond motifs is 1. The van der Waals surface area contributed by atoms with E-state index >= 15 is 0 Å². The van der Waals surface area contributed by atoms with E-state index in [4.69, 9.17) is 0 Å². The van der Waals surface area contributed by atoms with Crippen LogP contribution in [0.25, 0.3) is 0 Å². The molecule has 0 radical (unpaired) electrons. The van der Waals surface area contributed by atoms with Gasteiger partial charge in [-0.3, -0.25) is 19.9 Å². The van der Waals surface area contributed by atoms with Gasteiger partial charge in [0.1, 0.15) is 6.17 Å². The third kappa shape index (κ3) is 4.14. The van der Waals surface area contributed by atoms with Gasteiger partial charge in [-0.15, -0.1) is 0 Å². The number of nitrogens with one attached hydrogen (secondary N) is 3. The van der Waals surface area contributed by atoms with E-state index in [2.05, 4.69) is 21.2 Å². The quantitative estimate of drug-likeness (QED) is 0.709. The second-order valence-corrected chi connectivity index (χ2v) is 7.41. The molecule has 1 fully saturated rings. The SMILES string of the molecule is O=C(CSC1=NC2NNCC2C(=O)N1c1ccc(F)c(F)c1)Nc1ccccc1. The van der Waals surface area contributed by atoms with Crippen LogP contribution in [-0.4, -0.2) is 35.4 Å². The molecule has 0 bridgehead atoms. The number of carbonyl (C=O) groups excluding carboxylic acids is 2. The molecule has 0 spiro atoms. The van der Waals surface area contributed by atoms with Crippen LogP contribution >= 0.6 is 11.8 Å².